The summed E-state index contributed by atoms with van der Waals surface area (Å²) in [6.07, 6.45) is -12.6. The summed E-state index contributed by atoms with van der Waals surface area (Å²) in [6, 6.07) is 3.77. The summed E-state index contributed by atoms with van der Waals surface area (Å²) >= 11 is 0. The fraction of sp³-hybridized carbons (Fsp3) is 0.632. The van der Waals surface area contributed by atoms with Crippen molar-refractivity contribution in [1.29, 1.82) is 0 Å². The second-order valence-electron chi connectivity index (χ2n) is 7.38. The molecule has 1 aromatic rings. The minimum atomic E-state index is -5.96. The van der Waals surface area contributed by atoms with Gasteiger partial charge in [-0.05, 0) is 45.1 Å². The van der Waals surface area contributed by atoms with Gasteiger partial charge in [-0.15, -0.1) is 0 Å². The largest absolute Gasteiger partial charge is 0.510 e. The van der Waals surface area contributed by atoms with Crippen molar-refractivity contribution in [3.8, 4) is 0 Å². The molecule has 0 saturated heterocycles. The molecule has 0 radical (unpaired) electrons. The van der Waals surface area contributed by atoms with E-state index >= 15 is 0 Å². The fourth-order valence-corrected chi connectivity index (χ4v) is 2.81. The highest BCUT2D eigenvalue weighted by Crippen LogP contribution is 2.53. The van der Waals surface area contributed by atoms with E-state index in [-0.39, 0.29) is 5.92 Å². The predicted molar refractivity (Wildman–Crippen MR) is 90.9 cm³/mol. The van der Waals surface area contributed by atoms with Crippen molar-refractivity contribution in [2.45, 2.75) is 76.9 Å². The average molecular weight is 414 g/mol. The molecule has 0 aliphatic heterocycles. The standard InChI is InChI=1S/C19H24F6O3/c1-6-12(7-2)13-8-10-14(11-9-13)17(18(20,21)22,19(23,24)25)28-15(26)27-16(3,4)5/h8-12H,6-7H2,1-5H3. The van der Waals surface area contributed by atoms with Crippen molar-refractivity contribution in [2.75, 3.05) is 0 Å². The molecule has 0 spiro atoms. The number of carbonyl (C=O) groups is 1. The summed E-state index contributed by atoms with van der Waals surface area (Å²) in [6.45, 7) is 7.61. The number of halogens is 6. The van der Waals surface area contributed by atoms with Crippen LogP contribution in [0.15, 0.2) is 24.3 Å². The molecule has 0 aliphatic carbocycles. The van der Waals surface area contributed by atoms with Gasteiger partial charge in [-0.1, -0.05) is 38.1 Å². The van der Waals surface area contributed by atoms with E-state index in [9.17, 15) is 31.1 Å². The summed E-state index contributed by atoms with van der Waals surface area (Å²) in [5.74, 6) is -0.00741. The van der Waals surface area contributed by atoms with Gasteiger partial charge in [0.15, 0.2) is 0 Å². The molecule has 1 rings (SSSR count). The Labute approximate surface area is 160 Å². The van der Waals surface area contributed by atoms with Crippen LogP contribution in [-0.4, -0.2) is 24.1 Å². The SMILES string of the molecule is CCC(CC)c1ccc(C(OC(=O)OC(C)(C)C)(C(F)(F)F)C(F)(F)F)cc1. The van der Waals surface area contributed by atoms with Crippen molar-refractivity contribution in [3.63, 3.8) is 0 Å². The van der Waals surface area contributed by atoms with Gasteiger partial charge in [0.05, 0.1) is 0 Å². The number of rotatable bonds is 5. The number of carbonyl (C=O) groups excluding carboxylic acids is 1. The predicted octanol–water partition coefficient (Wildman–Crippen LogP) is 6.86. The molecule has 0 unspecified atom stereocenters. The zero-order valence-electron chi connectivity index (χ0n) is 16.3. The molecule has 0 aliphatic rings. The summed E-state index contributed by atoms with van der Waals surface area (Å²) in [7, 11) is 0. The molecule has 3 nitrogen and oxygen atoms in total. The van der Waals surface area contributed by atoms with E-state index < -0.39 is 35.3 Å². The first-order chi connectivity index (χ1) is 12.6. The van der Waals surface area contributed by atoms with Crippen LogP contribution in [0.5, 0.6) is 0 Å². The lowest BCUT2D eigenvalue weighted by molar-refractivity contribution is -0.377. The van der Waals surface area contributed by atoms with Gasteiger partial charge in [-0.3, -0.25) is 0 Å². The molecule has 0 atom stereocenters. The van der Waals surface area contributed by atoms with Crippen LogP contribution in [0.3, 0.4) is 0 Å². The third kappa shape index (κ3) is 5.11. The van der Waals surface area contributed by atoms with E-state index in [1.165, 1.54) is 32.9 Å². The lowest BCUT2D eigenvalue weighted by Crippen LogP contribution is -2.57. The van der Waals surface area contributed by atoms with E-state index in [1.54, 1.807) is 0 Å². The Balaban J connectivity index is 3.52. The molecule has 0 fully saturated rings. The molecule has 0 bridgehead atoms. The van der Waals surface area contributed by atoms with E-state index in [0.29, 0.717) is 30.5 Å². The molecule has 0 saturated carbocycles. The number of ether oxygens (including phenoxy) is 2. The van der Waals surface area contributed by atoms with Crippen LogP contribution in [0.2, 0.25) is 0 Å². The van der Waals surface area contributed by atoms with Gasteiger partial charge in [0.1, 0.15) is 5.60 Å². The van der Waals surface area contributed by atoms with Crippen LogP contribution in [0, 0.1) is 0 Å². The van der Waals surface area contributed by atoms with Crippen LogP contribution in [-0.2, 0) is 15.1 Å². The Hall–Kier alpha value is -1.93. The quantitative estimate of drug-likeness (QED) is 0.390. The lowest BCUT2D eigenvalue weighted by atomic mass is 9.88. The maximum absolute atomic E-state index is 13.7. The van der Waals surface area contributed by atoms with Gasteiger partial charge < -0.3 is 9.47 Å². The van der Waals surface area contributed by atoms with Gasteiger partial charge in [0.2, 0.25) is 0 Å². The van der Waals surface area contributed by atoms with Gasteiger partial charge in [-0.25, -0.2) is 4.79 Å². The van der Waals surface area contributed by atoms with E-state index in [0.717, 1.165) is 0 Å². The third-order valence-corrected chi connectivity index (χ3v) is 4.20. The Bertz CT molecular complexity index is 638. The van der Waals surface area contributed by atoms with Crippen molar-refractivity contribution in [1.82, 2.24) is 0 Å². The van der Waals surface area contributed by atoms with E-state index in [4.69, 9.17) is 0 Å². The average Bonchev–Trinajstić information content (AvgIpc) is 2.50. The first kappa shape index (κ1) is 24.1. The van der Waals surface area contributed by atoms with E-state index in [2.05, 4.69) is 9.47 Å². The highest BCUT2D eigenvalue weighted by atomic mass is 19.4. The highest BCUT2D eigenvalue weighted by Gasteiger charge is 2.75. The zero-order valence-corrected chi connectivity index (χ0v) is 16.3. The van der Waals surface area contributed by atoms with E-state index in [1.807, 2.05) is 13.8 Å². The Morgan fingerprint density at radius 3 is 1.61 bits per heavy atom. The Morgan fingerprint density at radius 2 is 1.29 bits per heavy atom. The molecule has 0 amide bonds. The topological polar surface area (TPSA) is 35.5 Å². The third-order valence-electron chi connectivity index (χ3n) is 4.20. The normalized spacial score (nSPS) is 13.6. The molecule has 1 aromatic carbocycles. The summed E-state index contributed by atoms with van der Waals surface area (Å²) in [5.41, 5.74) is -6.81. The highest BCUT2D eigenvalue weighted by molar-refractivity contribution is 5.62. The van der Waals surface area contributed by atoms with Crippen LogP contribution in [0.25, 0.3) is 0 Å². The number of hydrogen-bond donors (Lipinski definition) is 0. The maximum Gasteiger partial charge on any atom is 0.510 e. The Kier molecular flexibility index (Phi) is 7.07. The minimum Gasteiger partial charge on any atom is -0.429 e. The molecule has 9 heteroatoms. The first-order valence-corrected chi connectivity index (χ1v) is 8.75. The summed E-state index contributed by atoms with van der Waals surface area (Å²) in [5, 5.41) is 0. The summed E-state index contributed by atoms with van der Waals surface area (Å²) in [4.78, 5) is 11.8. The number of benzene rings is 1. The monoisotopic (exact) mass is 414 g/mol. The van der Waals surface area contributed by atoms with Crippen LogP contribution < -0.4 is 0 Å². The van der Waals surface area contributed by atoms with Gasteiger partial charge in [0, 0.05) is 5.56 Å². The number of hydrogen-bond acceptors (Lipinski definition) is 3. The summed E-state index contributed by atoms with van der Waals surface area (Å²) < 4.78 is 90.6. The first-order valence-electron chi connectivity index (χ1n) is 8.75. The van der Waals surface area contributed by atoms with Crippen LogP contribution in [0.1, 0.15) is 64.5 Å². The van der Waals surface area contributed by atoms with Gasteiger partial charge >= 0.3 is 24.1 Å². The second kappa shape index (κ2) is 8.21. The molecule has 0 N–H and O–H groups in total. The molecule has 28 heavy (non-hydrogen) atoms. The van der Waals surface area contributed by atoms with Crippen LogP contribution >= 0.6 is 0 Å². The molecule has 0 aromatic heterocycles. The molecule has 160 valence electrons. The van der Waals surface area contributed by atoms with Crippen molar-refractivity contribution in [3.05, 3.63) is 35.4 Å². The van der Waals surface area contributed by atoms with Gasteiger partial charge in [-0.2, -0.15) is 26.3 Å². The van der Waals surface area contributed by atoms with Gasteiger partial charge in [0.25, 0.3) is 0 Å². The van der Waals surface area contributed by atoms with Crippen LogP contribution in [0.4, 0.5) is 31.1 Å². The fourth-order valence-electron chi connectivity index (χ4n) is 2.81. The smallest absolute Gasteiger partial charge is 0.429 e. The maximum atomic E-state index is 13.7. The molecular formula is C19H24F6O3. The van der Waals surface area contributed by atoms with Crippen molar-refractivity contribution < 1.29 is 40.6 Å². The minimum absolute atomic E-state index is 0.00741. The van der Waals surface area contributed by atoms with Crippen molar-refractivity contribution in [2.24, 2.45) is 0 Å². The van der Waals surface area contributed by atoms with Crippen molar-refractivity contribution >= 4 is 6.16 Å². The zero-order chi connectivity index (χ0) is 22.0. The number of alkyl halides is 6. The second-order valence-corrected chi connectivity index (χ2v) is 7.38. The molecular weight excluding hydrogens is 390 g/mol. The molecule has 0 heterocycles. The Morgan fingerprint density at radius 1 is 0.857 bits per heavy atom. The lowest BCUT2D eigenvalue weighted by Gasteiger charge is -2.37.